The van der Waals surface area contributed by atoms with Gasteiger partial charge in [-0.1, -0.05) is 37.3 Å². The summed E-state index contributed by atoms with van der Waals surface area (Å²) < 4.78 is 12.0. The molecule has 34 heavy (non-hydrogen) atoms. The van der Waals surface area contributed by atoms with E-state index in [0.717, 1.165) is 19.5 Å². The molecule has 0 bridgehead atoms. The lowest BCUT2D eigenvalue weighted by Gasteiger charge is -2.36. The standard InChI is InChI=1S/C27H37N3O4/c1-19-16-30(14-13-22-9-7-6-8-10-22)20(2)18-34-25-15-23(28-21(3)31)11-12-24(25)27(32)29(4)17-26(19)33-5/h6-12,15,19-20,26H,13-14,16-18H2,1-5H3,(H,28,31)/t19-,20+,26+/m0/s1. The fourth-order valence-corrected chi connectivity index (χ4v) is 4.36. The Morgan fingerprint density at radius 3 is 2.56 bits per heavy atom. The van der Waals surface area contributed by atoms with Crippen LogP contribution in [0, 0.1) is 5.92 Å². The molecule has 7 heteroatoms. The van der Waals surface area contributed by atoms with Gasteiger partial charge >= 0.3 is 0 Å². The number of fused-ring (bicyclic) bond motifs is 1. The molecule has 184 valence electrons. The normalized spacial score (nSPS) is 22.2. The average molecular weight is 468 g/mol. The number of hydrogen-bond acceptors (Lipinski definition) is 5. The molecule has 0 aliphatic carbocycles. The summed E-state index contributed by atoms with van der Waals surface area (Å²) in [7, 11) is 3.49. The van der Waals surface area contributed by atoms with E-state index < -0.39 is 0 Å². The number of nitrogens with one attached hydrogen (secondary N) is 1. The molecule has 0 unspecified atom stereocenters. The summed E-state index contributed by atoms with van der Waals surface area (Å²) in [6, 6.07) is 15.8. The van der Waals surface area contributed by atoms with Crippen LogP contribution in [0.4, 0.5) is 5.69 Å². The van der Waals surface area contributed by atoms with Gasteiger partial charge in [0.2, 0.25) is 5.91 Å². The first kappa shape index (κ1) is 25.7. The van der Waals surface area contributed by atoms with E-state index in [9.17, 15) is 9.59 Å². The topological polar surface area (TPSA) is 71.1 Å². The minimum Gasteiger partial charge on any atom is -0.491 e. The quantitative estimate of drug-likeness (QED) is 0.726. The van der Waals surface area contributed by atoms with Gasteiger partial charge in [0.15, 0.2) is 0 Å². The summed E-state index contributed by atoms with van der Waals surface area (Å²) in [5, 5.41) is 2.77. The molecule has 0 aromatic heterocycles. The van der Waals surface area contributed by atoms with Crippen LogP contribution >= 0.6 is 0 Å². The maximum Gasteiger partial charge on any atom is 0.257 e. The number of ether oxygens (including phenoxy) is 2. The lowest BCUT2D eigenvalue weighted by atomic mass is 10.0. The van der Waals surface area contributed by atoms with E-state index in [1.807, 2.05) is 6.07 Å². The molecule has 1 aliphatic heterocycles. The summed E-state index contributed by atoms with van der Waals surface area (Å²) in [4.78, 5) is 28.9. The van der Waals surface area contributed by atoms with Crippen LogP contribution in [0.5, 0.6) is 5.75 Å². The lowest BCUT2D eigenvalue weighted by Crippen LogP contribution is -2.47. The molecular weight excluding hydrogens is 430 g/mol. The summed E-state index contributed by atoms with van der Waals surface area (Å²) in [5.41, 5.74) is 2.38. The van der Waals surface area contributed by atoms with Gasteiger partial charge in [0, 0.05) is 58.5 Å². The first-order chi connectivity index (χ1) is 16.3. The van der Waals surface area contributed by atoms with Crippen molar-refractivity contribution >= 4 is 17.5 Å². The summed E-state index contributed by atoms with van der Waals surface area (Å²) in [6.07, 6.45) is 0.847. The number of anilines is 1. The molecule has 1 aliphatic rings. The third-order valence-electron chi connectivity index (χ3n) is 6.43. The fraction of sp³-hybridized carbons (Fsp3) is 0.481. The Morgan fingerprint density at radius 2 is 1.88 bits per heavy atom. The second kappa shape index (κ2) is 12.0. The molecule has 0 saturated heterocycles. The van der Waals surface area contributed by atoms with Crippen LogP contribution in [0.1, 0.15) is 36.7 Å². The Kier molecular flexibility index (Phi) is 9.07. The van der Waals surface area contributed by atoms with Crippen LogP contribution in [0.2, 0.25) is 0 Å². The van der Waals surface area contributed by atoms with Gasteiger partial charge in [0.1, 0.15) is 12.4 Å². The number of benzene rings is 2. The predicted molar refractivity (Wildman–Crippen MR) is 134 cm³/mol. The minimum absolute atomic E-state index is 0.0946. The molecule has 3 atom stereocenters. The van der Waals surface area contributed by atoms with Gasteiger partial charge in [0.25, 0.3) is 5.91 Å². The Hall–Kier alpha value is -2.90. The molecule has 2 aromatic carbocycles. The first-order valence-corrected chi connectivity index (χ1v) is 11.9. The van der Waals surface area contributed by atoms with Crippen LogP contribution in [-0.4, -0.2) is 74.2 Å². The van der Waals surface area contributed by atoms with Crippen molar-refractivity contribution in [1.82, 2.24) is 9.80 Å². The number of rotatable bonds is 5. The number of amides is 2. The van der Waals surface area contributed by atoms with Crippen LogP contribution in [0.3, 0.4) is 0 Å². The second-order valence-corrected chi connectivity index (χ2v) is 9.22. The fourth-order valence-electron chi connectivity index (χ4n) is 4.36. The van der Waals surface area contributed by atoms with Crippen molar-refractivity contribution in [3.8, 4) is 5.75 Å². The summed E-state index contributed by atoms with van der Waals surface area (Å²) >= 11 is 0. The largest absolute Gasteiger partial charge is 0.491 e. The molecule has 3 rings (SSSR count). The van der Waals surface area contributed by atoms with Gasteiger partial charge < -0.3 is 19.7 Å². The number of nitrogens with zero attached hydrogens (tertiary/aromatic N) is 2. The molecule has 0 fully saturated rings. The zero-order valence-corrected chi connectivity index (χ0v) is 20.9. The van der Waals surface area contributed by atoms with E-state index in [4.69, 9.17) is 9.47 Å². The SMILES string of the molecule is CO[C@@H]1CN(C)C(=O)c2ccc(NC(C)=O)cc2OC[C@@H](C)N(CCc2ccccc2)C[C@@H]1C. The van der Waals surface area contributed by atoms with Crippen LogP contribution in [-0.2, 0) is 16.0 Å². The van der Waals surface area contributed by atoms with Crippen molar-refractivity contribution in [3.05, 3.63) is 59.7 Å². The Morgan fingerprint density at radius 1 is 1.15 bits per heavy atom. The van der Waals surface area contributed by atoms with Gasteiger partial charge in [-0.15, -0.1) is 0 Å². The van der Waals surface area contributed by atoms with Gasteiger partial charge in [0.05, 0.1) is 11.7 Å². The molecule has 1 N–H and O–H groups in total. The number of carbonyl (C=O) groups excluding carboxylic acids is 2. The third-order valence-corrected chi connectivity index (χ3v) is 6.43. The molecule has 2 aromatic rings. The van der Waals surface area contributed by atoms with E-state index in [-0.39, 0.29) is 29.9 Å². The van der Waals surface area contributed by atoms with Gasteiger partial charge in [-0.2, -0.15) is 0 Å². The van der Waals surface area contributed by atoms with Crippen LogP contribution in [0.25, 0.3) is 0 Å². The summed E-state index contributed by atoms with van der Waals surface area (Å²) in [5.74, 6) is 0.391. The van der Waals surface area contributed by atoms with Crippen molar-refractivity contribution in [2.24, 2.45) is 5.92 Å². The molecular formula is C27H37N3O4. The highest BCUT2D eigenvalue weighted by Crippen LogP contribution is 2.27. The Labute approximate surface area is 203 Å². The third kappa shape index (κ3) is 6.81. The Balaban J connectivity index is 1.89. The molecule has 7 nitrogen and oxygen atoms in total. The van der Waals surface area contributed by atoms with Crippen molar-refractivity contribution in [2.45, 2.75) is 39.3 Å². The van der Waals surface area contributed by atoms with Crippen LogP contribution < -0.4 is 10.1 Å². The van der Waals surface area contributed by atoms with Gasteiger partial charge in [-0.3, -0.25) is 14.5 Å². The zero-order chi connectivity index (χ0) is 24.7. The average Bonchev–Trinajstić information content (AvgIpc) is 2.82. The first-order valence-electron chi connectivity index (χ1n) is 11.9. The molecule has 2 amide bonds. The molecule has 1 heterocycles. The highest BCUT2D eigenvalue weighted by atomic mass is 16.5. The van der Waals surface area contributed by atoms with E-state index >= 15 is 0 Å². The number of methoxy groups -OCH3 is 1. The number of likely N-dealkylation sites (N-methyl/N-ethyl adjacent to an activating group) is 1. The smallest absolute Gasteiger partial charge is 0.257 e. The maximum atomic E-state index is 13.3. The van der Waals surface area contributed by atoms with E-state index in [2.05, 4.69) is 48.3 Å². The van der Waals surface area contributed by atoms with Gasteiger partial charge in [-0.25, -0.2) is 0 Å². The minimum atomic E-state index is -0.172. The lowest BCUT2D eigenvalue weighted by molar-refractivity contribution is -0.114. The molecule has 0 spiro atoms. The van der Waals surface area contributed by atoms with Crippen LogP contribution in [0.15, 0.2) is 48.5 Å². The number of hydrogen-bond donors (Lipinski definition) is 1. The van der Waals surface area contributed by atoms with Crippen molar-refractivity contribution in [3.63, 3.8) is 0 Å². The highest BCUT2D eigenvalue weighted by Gasteiger charge is 2.28. The van der Waals surface area contributed by atoms with E-state index in [1.165, 1.54) is 12.5 Å². The van der Waals surface area contributed by atoms with Crippen molar-refractivity contribution in [1.29, 1.82) is 0 Å². The number of carbonyl (C=O) groups is 2. The van der Waals surface area contributed by atoms with Crippen molar-refractivity contribution in [2.75, 3.05) is 45.7 Å². The van der Waals surface area contributed by atoms with E-state index in [1.54, 1.807) is 37.3 Å². The zero-order valence-electron chi connectivity index (χ0n) is 20.9. The van der Waals surface area contributed by atoms with Gasteiger partial charge in [-0.05, 0) is 37.0 Å². The highest BCUT2D eigenvalue weighted by molar-refractivity contribution is 5.98. The maximum absolute atomic E-state index is 13.3. The Bertz CT molecular complexity index is 966. The predicted octanol–water partition coefficient (Wildman–Crippen LogP) is 3.69. The van der Waals surface area contributed by atoms with Crippen molar-refractivity contribution < 1.29 is 19.1 Å². The second-order valence-electron chi connectivity index (χ2n) is 9.22. The molecule has 0 radical (unpaired) electrons. The monoisotopic (exact) mass is 467 g/mol. The molecule has 0 saturated carbocycles. The van der Waals surface area contributed by atoms with E-state index in [0.29, 0.717) is 30.2 Å². The summed E-state index contributed by atoms with van der Waals surface area (Å²) in [6.45, 7) is 8.40.